The first-order valence-corrected chi connectivity index (χ1v) is 3.34. The van der Waals surface area contributed by atoms with E-state index in [1.54, 1.807) is 6.08 Å². The zero-order valence-electron chi connectivity index (χ0n) is 6.66. The molecule has 0 nitrogen and oxygen atoms in total. The van der Waals surface area contributed by atoms with E-state index in [4.69, 9.17) is 0 Å². The Morgan fingerprint density at radius 2 is 1.89 bits per heavy atom. The molecule has 0 saturated carbocycles. The maximum atomic E-state index is 12.8. The van der Waals surface area contributed by atoms with E-state index in [2.05, 4.69) is 0 Å². The van der Waals surface area contributed by atoms with E-state index < -0.39 is 0 Å². The van der Waals surface area contributed by atoms with Gasteiger partial charge in [-0.05, 0) is 6.42 Å². The van der Waals surface area contributed by atoms with Crippen molar-refractivity contribution in [1.82, 2.24) is 0 Å². The van der Waals surface area contributed by atoms with E-state index in [0.717, 1.165) is 6.42 Å². The molecule has 0 fully saturated rings. The lowest BCUT2D eigenvalue weighted by Crippen LogP contribution is -2.04. The van der Waals surface area contributed by atoms with E-state index in [-0.39, 0.29) is 11.2 Å². The minimum atomic E-state index is -0.296. The fraction of sp³-hybridized carbons (Fsp3) is 0.750. The number of halogens is 1. The van der Waals surface area contributed by atoms with Crippen molar-refractivity contribution in [2.24, 2.45) is 5.41 Å². The Morgan fingerprint density at radius 3 is 2.00 bits per heavy atom. The predicted octanol–water partition coefficient (Wildman–Crippen LogP) is 3.30. The summed E-state index contributed by atoms with van der Waals surface area (Å²) in [5, 5.41) is 0. The molecule has 0 atom stereocenters. The second-order valence-corrected chi connectivity index (χ2v) is 3.21. The SMILES string of the molecule is CCC=C(F)C(C)(C)C. The molecule has 0 aromatic heterocycles. The molecule has 54 valence electrons. The van der Waals surface area contributed by atoms with Crippen molar-refractivity contribution < 1.29 is 4.39 Å². The third-order valence-corrected chi connectivity index (χ3v) is 1.10. The van der Waals surface area contributed by atoms with Crippen LogP contribution in [-0.2, 0) is 0 Å². The molecule has 0 bridgehead atoms. The van der Waals surface area contributed by atoms with E-state index in [1.165, 1.54) is 0 Å². The average molecular weight is 130 g/mol. The third kappa shape index (κ3) is 3.28. The fourth-order valence-corrected chi connectivity index (χ4v) is 0.485. The first-order valence-electron chi connectivity index (χ1n) is 3.34. The highest BCUT2D eigenvalue weighted by Crippen LogP contribution is 2.25. The van der Waals surface area contributed by atoms with E-state index >= 15 is 0 Å². The maximum absolute atomic E-state index is 12.8. The summed E-state index contributed by atoms with van der Waals surface area (Å²) < 4.78 is 12.8. The van der Waals surface area contributed by atoms with Crippen LogP contribution in [0, 0.1) is 5.41 Å². The molecular formula is C8H15F. The van der Waals surface area contributed by atoms with Gasteiger partial charge >= 0.3 is 0 Å². The predicted molar refractivity (Wildman–Crippen MR) is 38.9 cm³/mol. The highest BCUT2D eigenvalue weighted by molar-refractivity contribution is 5.00. The second-order valence-electron chi connectivity index (χ2n) is 3.21. The Balaban J connectivity index is 4.03. The van der Waals surface area contributed by atoms with E-state index in [9.17, 15) is 4.39 Å². The fourth-order valence-electron chi connectivity index (χ4n) is 0.485. The van der Waals surface area contributed by atoms with Crippen LogP contribution in [0.5, 0.6) is 0 Å². The Bertz CT molecular complexity index is 106. The Hall–Kier alpha value is -0.330. The molecule has 0 radical (unpaired) electrons. The average Bonchev–Trinajstić information content (AvgIpc) is 1.64. The molecule has 1 heteroatoms. The Kier molecular flexibility index (Phi) is 2.89. The van der Waals surface area contributed by atoms with Gasteiger partial charge in [0, 0.05) is 5.41 Å². The quantitative estimate of drug-likeness (QED) is 0.511. The summed E-state index contributed by atoms with van der Waals surface area (Å²) in [4.78, 5) is 0. The van der Waals surface area contributed by atoms with Crippen molar-refractivity contribution in [3.8, 4) is 0 Å². The molecular weight excluding hydrogens is 115 g/mol. The molecule has 0 saturated heterocycles. The van der Waals surface area contributed by atoms with E-state index in [1.807, 2.05) is 27.7 Å². The monoisotopic (exact) mass is 130 g/mol. The number of allylic oxidation sites excluding steroid dienone is 2. The molecule has 0 aromatic carbocycles. The molecule has 0 amide bonds. The van der Waals surface area contributed by atoms with Gasteiger partial charge in [0.25, 0.3) is 0 Å². The van der Waals surface area contributed by atoms with Crippen LogP contribution in [-0.4, -0.2) is 0 Å². The number of hydrogen-bond acceptors (Lipinski definition) is 0. The standard InChI is InChI=1S/C8H15F/c1-5-6-7(9)8(2,3)4/h6H,5H2,1-4H3. The molecule has 0 rings (SSSR count). The van der Waals surface area contributed by atoms with Gasteiger partial charge in [-0.2, -0.15) is 0 Å². The number of hydrogen-bond donors (Lipinski definition) is 0. The Labute approximate surface area is 56.8 Å². The van der Waals surface area contributed by atoms with Crippen molar-refractivity contribution in [1.29, 1.82) is 0 Å². The van der Waals surface area contributed by atoms with Gasteiger partial charge in [-0.15, -0.1) is 0 Å². The molecule has 0 aromatic rings. The molecule has 0 unspecified atom stereocenters. The largest absolute Gasteiger partial charge is 0.212 e. The second kappa shape index (κ2) is 3.00. The molecule has 9 heavy (non-hydrogen) atoms. The Morgan fingerprint density at radius 1 is 1.44 bits per heavy atom. The van der Waals surface area contributed by atoms with Gasteiger partial charge in [0.05, 0.1) is 0 Å². The third-order valence-electron chi connectivity index (χ3n) is 1.10. The van der Waals surface area contributed by atoms with Crippen molar-refractivity contribution in [3.05, 3.63) is 11.9 Å². The van der Waals surface area contributed by atoms with Gasteiger partial charge in [0.15, 0.2) is 0 Å². The zero-order valence-corrected chi connectivity index (χ0v) is 6.66. The summed E-state index contributed by atoms with van der Waals surface area (Å²) in [5.74, 6) is -0.00926. The zero-order chi connectivity index (χ0) is 7.49. The van der Waals surface area contributed by atoms with Crippen molar-refractivity contribution in [2.75, 3.05) is 0 Å². The summed E-state index contributed by atoms with van der Waals surface area (Å²) in [5.41, 5.74) is -0.296. The topological polar surface area (TPSA) is 0 Å². The van der Waals surface area contributed by atoms with Gasteiger partial charge in [-0.25, -0.2) is 4.39 Å². The van der Waals surface area contributed by atoms with Gasteiger partial charge in [0.2, 0.25) is 0 Å². The van der Waals surface area contributed by atoms with Crippen LogP contribution < -0.4 is 0 Å². The summed E-state index contributed by atoms with van der Waals surface area (Å²) >= 11 is 0. The molecule has 0 aliphatic carbocycles. The van der Waals surface area contributed by atoms with E-state index in [0.29, 0.717) is 0 Å². The summed E-state index contributed by atoms with van der Waals surface area (Å²) in [7, 11) is 0. The minimum Gasteiger partial charge on any atom is -0.212 e. The van der Waals surface area contributed by atoms with Gasteiger partial charge < -0.3 is 0 Å². The first-order chi connectivity index (χ1) is 3.98. The van der Waals surface area contributed by atoms with Crippen molar-refractivity contribution >= 4 is 0 Å². The van der Waals surface area contributed by atoms with Crippen molar-refractivity contribution in [3.63, 3.8) is 0 Å². The normalized spacial score (nSPS) is 14.1. The van der Waals surface area contributed by atoms with Crippen LogP contribution in [0.3, 0.4) is 0 Å². The molecule has 0 aliphatic rings. The van der Waals surface area contributed by atoms with Crippen LogP contribution in [0.1, 0.15) is 34.1 Å². The van der Waals surface area contributed by atoms with Crippen molar-refractivity contribution in [2.45, 2.75) is 34.1 Å². The molecule has 0 spiro atoms. The molecule has 0 heterocycles. The lowest BCUT2D eigenvalue weighted by Gasteiger charge is -2.14. The van der Waals surface area contributed by atoms with Gasteiger partial charge in [-0.3, -0.25) is 0 Å². The molecule has 0 aliphatic heterocycles. The first kappa shape index (κ1) is 8.67. The van der Waals surface area contributed by atoms with Crippen LogP contribution >= 0.6 is 0 Å². The van der Waals surface area contributed by atoms with Gasteiger partial charge in [-0.1, -0.05) is 33.8 Å². The lowest BCUT2D eigenvalue weighted by molar-refractivity contribution is 0.381. The smallest absolute Gasteiger partial charge is 0.101 e. The van der Waals surface area contributed by atoms with Crippen LogP contribution in [0.4, 0.5) is 4.39 Å². The summed E-state index contributed by atoms with van der Waals surface area (Å²) in [6.07, 6.45) is 2.41. The lowest BCUT2D eigenvalue weighted by atomic mass is 9.94. The minimum absolute atomic E-state index is 0.00926. The van der Waals surface area contributed by atoms with Crippen LogP contribution in [0.25, 0.3) is 0 Å². The summed E-state index contributed by atoms with van der Waals surface area (Å²) in [6, 6.07) is 0. The van der Waals surface area contributed by atoms with Crippen LogP contribution in [0.2, 0.25) is 0 Å². The molecule has 0 N–H and O–H groups in total. The van der Waals surface area contributed by atoms with Gasteiger partial charge in [0.1, 0.15) is 5.83 Å². The number of rotatable bonds is 1. The summed E-state index contributed by atoms with van der Waals surface area (Å²) in [6.45, 7) is 7.54. The maximum Gasteiger partial charge on any atom is 0.101 e. The highest BCUT2D eigenvalue weighted by Gasteiger charge is 2.15. The van der Waals surface area contributed by atoms with Crippen LogP contribution in [0.15, 0.2) is 11.9 Å². The highest BCUT2D eigenvalue weighted by atomic mass is 19.1.